The molecule has 1 atom stereocenters. The third-order valence-electron chi connectivity index (χ3n) is 7.23. The lowest BCUT2D eigenvalue weighted by molar-refractivity contribution is -0.126. The zero-order valence-corrected chi connectivity index (χ0v) is 20.4. The number of rotatable bonds is 5. The van der Waals surface area contributed by atoms with Gasteiger partial charge in [-0.1, -0.05) is 13.0 Å². The van der Waals surface area contributed by atoms with Crippen LogP contribution in [0.4, 0.5) is 10.5 Å². The Labute approximate surface area is 197 Å². The van der Waals surface area contributed by atoms with Crippen molar-refractivity contribution >= 4 is 17.6 Å². The Morgan fingerprint density at radius 2 is 1.82 bits per heavy atom. The van der Waals surface area contributed by atoms with Gasteiger partial charge in [0.05, 0.1) is 12.2 Å². The molecule has 2 fully saturated rings. The Morgan fingerprint density at radius 3 is 2.52 bits per heavy atom. The summed E-state index contributed by atoms with van der Waals surface area (Å²) in [7, 11) is 2.15. The van der Waals surface area contributed by atoms with Crippen molar-refractivity contribution in [2.75, 3.05) is 70.9 Å². The van der Waals surface area contributed by atoms with Gasteiger partial charge in [-0.05, 0) is 50.9 Å². The summed E-state index contributed by atoms with van der Waals surface area (Å²) < 4.78 is 6.07. The predicted molar refractivity (Wildman–Crippen MR) is 130 cm³/mol. The first-order valence-corrected chi connectivity index (χ1v) is 12.5. The number of likely N-dealkylation sites (tertiary alicyclic amines) is 1. The molecule has 0 aromatic heterocycles. The van der Waals surface area contributed by atoms with E-state index in [0.29, 0.717) is 39.0 Å². The fourth-order valence-electron chi connectivity index (χ4n) is 4.91. The van der Waals surface area contributed by atoms with Gasteiger partial charge in [-0.3, -0.25) is 14.6 Å². The third kappa shape index (κ3) is 5.79. The zero-order chi connectivity index (χ0) is 23.4. The SMILES string of the molecule is CC[C@H]1CN(C(=O)N2CCC(C(=O)NCCN3CCN(C)CC3)CC2)c2cc(C)ccc2O1. The second-order valence-corrected chi connectivity index (χ2v) is 9.71. The standard InChI is InChI=1S/C25H39N5O3/c1-4-21-18-30(22-17-19(2)5-6-23(22)33-21)25(32)29-10-7-20(8-11-29)24(31)26-9-12-28-15-13-27(3)14-16-28/h5-6,17,20-21H,4,7-16,18H2,1-3H3,(H,26,31)/t21-/m0/s1. The maximum atomic E-state index is 13.4. The van der Waals surface area contributed by atoms with Crippen molar-refractivity contribution in [3.05, 3.63) is 23.8 Å². The second-order valence-electron chi connectivity index (χ2n) is 9.71. The summed E-state index contributed by atoms with van der Waals surface area (Å²) in [5.41, 5.74) is 1.96. The van der Waals surface area contributed by atoms with Gasteiger partial charge in [0.1, 0.15) is 11.9 Å². The Bertz CT molecular complexity index is 831. The van der Waals surface area contributed by atoms with Crippen LogP contribution in [0.3, 0.4) is 0 Å². The van der Waals surface area contributed by atoms with E-state index >= 15 is 0 Å². The minimum absolute atomic E-state index is 0.00720. The van der Waals surface area contributed by atoms with Crippen LogP contribution in [0.25, 0.3) is 0 Å². The van der Waals surface area contributed by atoms with E-state index in [-0.39, 0.29) is 24.0 Å². The molecule has 0 spiro atoms. The summed E-state index contributed by atoms with van der Waals surface area (Å²) >= 11 is 0. The molecule has 33 heavy (non-hydrogen) atoms. The molecule has 182 valence electrons. The number of hydrogen-bond donors (Lipinski definition) is 1. The van der Waals surface area contributed by atoms with Crippen LogP contribution in [0.5, 0.6) is 5.75 Å². The summed E-state index contributed by atoms with van der Waals surface area (Å²) in [5, 5.41) is 3.13. The number of benzene rings is 1. The zero-order valence-electron chi connectivity index (χ0n) is 20.4. The van der Waals surface area contributed by atoms with Crippen LogP contribution in [-0.2, 0) is 4.79 Å². The summed E-state index contributed by atoms with van der Waals surface area (Å²) in [6, 6.07) is 6.04. The van der Waals surface area contributed by atoms with E-state index in [1.807, 2.05) is 34.9 Å². The topological polar surface area (TPSA) is 68.4 Å². The molecular weight excluding hydrogens is 418 g/mol. The first kappa shape index (κ1) is 23.8. The first-order chi connectivity index (χ1) is 15.9. The molecule has 1 aromatic carbocycles. The average molecular weight is 458 g/mol. The van der Waals surface area contributed by atoms with Crippen molar-refractivity contribution in [2.45, 2.75) is 39.2 Å². The lowest BCUT2D eigenvalue weighted by Crippen LogP contribution is -2.52. The lowest BCUT2D eigenvalue weighted by Gasteiger charge is -2.39. The van der Waals surface area contributed by atoms with Crippen LogP contribution in [-0.4, -0.2) is 98.7 Å². The molecule has 8 heteroatoms. The summed E-state index contributed by atoms with van der Waals surface area (Å²) in [4.78, 5) is 34.6. The van der Waals surface area contributed by atoms with Gasteiger partial charge in [0.25, 0.3) is 0 Å². The molecule has 0 radical (unpaired) electrons. The van der Waals surface area contributed by atoms with E-state index < -0.39 is 0 Å². The van der Waals surface area contributed by atoms with Crippen LogP contribution in [0, 0.1) is 12.8 Å². The van der Waals surface area contributed by atoms with Gasteiger partial charge in [0, 0.05) is 58.3 Å². The van der Waals surface area contributed by atoms with Crippen LogP contribution in [0.1, 0.15) is 31.7 Å². The highest BCUT2D eigenvalue weighted by Gasteiger charge is 2.34. The number of ether oxygens (including phenoxy) is 1. The number of amides is 3. The molecule has 3 heterocycles. The average Bonchev–Trinajstić information content (AvgIpc) is 2.84. The van der Waals surface area contributed by atoms with E-state index in [1.165, 1.54) is 0 Å². The maximum Gasteiger partial charge on any atom is 0.324 e. The molecule has 0 unspecified atom stereocenters. The maximum absolute atomic E-state index is 13.4. The van der Waals surface area contributed by atoms with E-state index in [9.17, 15) is 9.59 Å². The van der Waals surface area contributed by atoms with Crippen molar-refractivity contribution in [1.82, 2.24) is 20.0 Å². The molecule has 4 rings (SSSR count). The number of piperazine rings is 1. The van der Waals surface area contributed by atoms with E-state index in [4.69, 9.17) is 4.74 Å². The van der Waals surface area contributed by atoms with Gasteiger partial charge in [-0.2, -0.15) is 0 Å². The molecule has 1 aromatic rings. The quantitative estimate of drug-likeness (QED) is 0.734. The molecule has 2 saturated heterocycles. The molecule has 1 N–H and O–H groups in total. The molecule has 3 amide bonds. The highest BCUT2D eigenvalue weighted by atomic mass is 16.5. The summed E-state index contributed by atoms with van der Waals surface area (Å²) in [5.74, 6) is 0.903. The number of hydrogen-bond acceptors (Lipinski definition) is 5. The van der Waals surface area contributed by atoms with E-state index in [0.717, 1.165) is 56.1 Å². The molecule has 3 aliphatic heterocycles. The van der Waals surface area contributed by atoms with Gasteiger partial charge in [-0.25, -0.2) is 4.79 Å². The predicted octanol–water partition coefficient (Wildman–Crippen LogP) is 2.17. The summed E-state index contributed by atoms with van der Waals surface area (Å²) in [6.07, 6.45) is 2.29. The number of carbonyl (C=O) groups is 2. The van der Waals surface area contributed by atoms with Gasteiger partial charge < -0.3 is 19.9 Å². The van der Waals surface area contributed by atoms with E-state index in [2.05, 4.69) is 29.1 Å². The highest BCUT2D eigenvalue weighted by molar-refractivity contribution is 5.94. The molecule has 0 bridgehead atoms. The number of nitrogens with zero attached hydrogens (tertiary/aromatic N) is 4. The van der Waals surface area contributed by atoms with Crippen molar-refractivity contribution in [3.8, 4) is 5.75 Å². The third-order valence-corrected chi connectivity index (χ3v) is 7.23. The second kappa shape index (κ2) is 10.7. The molecule has 0 aliphatic carbocycles. The Kier molecular flexibility index (Phi) is 7.75. The van der Waals surface area contributed by atoms with Gasteiger partial charge >= 0.3 is 6.03 Å². The van der Waals surface area contributed by atoms with Crippen molar-refractivity contribution in [1.29, 1.82) is 0 Å². The van der Waals surface area contributed by atoms with Crippen molar-refractivity contribution in [2.24, 2.45) is 5.92 Å². The minimum Gasteiger partial charge on any atom is -0.486 e. The Balaban J connectivity index is 1.27. The first-order valence-electron chi connectivity index (χ1n) is 12.5. The Hall–Kier alpha value is -2.32. The fourth-order valence-corrected chi connectivity index (χ4v) is 4.91. The minimum atomic E-state index is -0.0100. The monoisotopic (exact) mass is 457 g/mol. The number of aryl methyl sites for hydroxylation is 1. The van der Waals surface area contributed by atoms with Gasteiger partial charge in [0.2, 0.25) is 5.91 Å². The number of anilines is 1. The van der Waals surface area contributed by atoms with Crippen LogP contribution in [0.15, 0.2) is 18.2 Å². The number of fused-ring (bicyclic) bond motifs is 1. The number of nitrogens with one attached hydrogen (secondary N) is 1. The molecule has 0 saturated carbocycles. The number of urea groups is 1. The van der Waals surface area contributed by atoms with Gasteiger partial charge in [0.15, 0.2) is 0 Å². The Morgan fingerprint density at radius 1 is 1.09 bits per heavy atom. The van der Waals surface area contributed by atoms with E-state index in [1.54, 1.807) is 0 Å². The number of likely N-dealkylation sites (N-methyl/N-ethyl adjacent to an activating group) is 1. The van der Waals surface area contributed by atoms with Crippen molar-refractivity contribution in [3.63, 3.8) is 0 Å². The molecule has 3 aliphatic rings. The normalized spacial score (nSPS) is 22.6. The molecule has 8 nitrogen and oxygen atoms in total. The van der Waals surface area contributed by atoms with Crippen LogP contribution >= 0.6 is 0 Å². The fraction of sp³-hybridized carbons (Fsp3) is 0.680. The van der Waals surface area contributed by atoms with Gasteiger partial charge in [-0.15, -0.1) is 0 Å². The number of carbonyl (C=O) groups excluding carboxylic acids is 2. The number of piperidine rings is 1. The van der Waals surface area contributed by atoms with Crippen molar-refractivity contribution < 1.29 is 14.3 Å². The largest absolute Gasteiger partial charge is 0.486 e. The smallest absolute Gasteiger partial charge is 0.324 e. The lowest BCUT2D eigenvalue weighted by atomic mass is 9.96. The summed E-state index contributed by atoms with van der Waals surface area (Å²) in [6.45, 7) is 11.8. The highest BCUT2D eigenvalue weighted by Crippen LogP contribution is 2.36. The van der Waals surface area contributed by atoms with Crippen LogP contribution < -0.4 is 15.0 Å². The molecular formula is C25H39N5O3. The van der Waals surface area contributed by atoms with Crippen LogP contribution in [0.2, 0.25) is 0 Å².